The highest BCUT2D eigenvalue weighted by Crippen LogP contribution is 2.41. The molecule has 1 saturated heterocycles. The van der Waals surface area contributed by atoms with E-state index in [9.17, 15) is 5.11 Å². The number of hydrogen-bond donors (Lipinski definition) is 1. The van der Waals surface area contributed by atoms with Gasteiger partial charge in [0.25, 0.3) is 0 Å². The van der Waals surface area contributed by atoms with E-state index in [1.165, 1.54) is 0 Å². The zero-order valence-corrected chi connectivity index (χ0v) is 35.5. The molecule has 6 atom stereocenters. The largest absolute Gasteiger partial charge is 0.391 e. The van der Waals surface area contributed by atoms with Crippen molar-refractivity contribution in [3.05, 3.63) is 251 Å². The lowest BCUT2D eigenvalue weighted by Gasteiger charge is -2.47. The number of benzene rings is 7. The van der Waals surface area contributed by atoms with Gasteiger partial charge in [-0.25, -0.2) is 0 Å². The maximum Gasteiger partial charge on any atom is 0.143 e. The van der Waals surface area contributed by atoms with Gasteiger partial charge < -0.3 is 33.5 Å². The van der Waals surface area contributed by atoms with Crippen LogP contribution in [0.5, 0.6) is 0 Å². The molecule has 0 unspecified atom stereocenters. The number of hydrogen-bond acceptors (Lipinski definition) is 7. The quantitative estimate of drug-likeness (QED) is 0.0723. The molecule has 7 aromatic carbocycles. The molecule has 1 heterocycles. The molecule has 0 radical (unpaired) electrons. The molecule has 7 nitrogen and oxygen atoms in total. The van der Waals surface area contributed by atoms with E-state index < -0.39 is 42.2 Å². The van der Waals surface area contributed by atoms with Crippen LogP contribution in [0, 0.1) is 0 Å². The summed E-state index contributed by atoms with van der Waals surface area (Å²) in [5.74, 6) is 0. The van der Waals surface area contributed by atoms with Gasteiger partial charge in [0, 0.05) is 6.42 Å². The van der Waals surface area contributed by atoms with E-state index in [1.54, 1.807) is 0 Å². The van der Waals surface area contributed by atoms with Gasteiger partial charge >= 0.3 is 0 Å². The fourth-order valence-corrected chi connectivity index (χ4v) is 8.40. The third-order valence-corrected chi connectivity index (χ3v) is 11.5. The molecule has 0 aliphatic carbocycles. The summed E-state index contributed by atoms with van der Waals surface area (Å²) in [5, 5.41) is 12.3. The Morgan fingerprint density at radius 3 is 1.14 bits per heavy atom. The van der Waals surface area contributed by atoms with E-state index in [0.717, 1.165) is 38.9 Å². The highest BCUT2D eigenvalue weighted by molar-refractivity contribution is 5.47. The Kier molecular flexibility index (Phi) is 15.7. The maximum atomic E-state index is 12.3. The smallest absolute Gasteiger partial charge is 0.143 e. The predicted molar refractivity (Wildman–Crippen MR) is 246 cm³/mol. The highest BCUT2D eigenvalue weighted by atomic mass is 16.6. The van der Waals surface area contributed by atoms with Gasteiger partial charge in [0.1, 0.15) is 30.0 Å². The number of aliphatic hydroxyl groups is 1. The molecule has 1 N–H and O–H groups in total. The summed E-state index contributed by atoms with van der Waals surface area (Å²) in [7, 11) is 0. The van der Waals surface area contributed by atoms with E-state index >= 15 is 0 Å². The summed E-state index contributed by atoms with van der Waals surface area (Å²) < 4.78 is 41.4. The first kappa shape index (κ1) is 43.9. The lowest BCUT2D eigenvalue weighted by Crippen LogP contribution is -2.61. The minimum atomic E-state index is -1.01. The van der Waals surface area contributed by atoms with Crippen LogP contribution in [0.1, 0.15) is 45.4 Å². The molecule has 1 aliphatic rings. The molecule has 322 valence electrons. The van der Waals surface area contributed by atoms with Gasteiger partial charge in [-0.3, -0.25) is 0 Å². The average Bonchev–Trinajstić information content (AvgIpc) is 3.35. The summed E-state index contributed by atoms with van der Waals surface area (Å²) in [6, 6.07) is 71.0. The van der Waals surface area contributed by atoms with E-state index in [1.807, 2.05) is 164 Å². The lowest BCUT2D eigenvalue weighted by atomic mass is 9.80. The first-order valence-corrected chi connectivity index (χ1v) is 21.9. The highest BCUT2D eigenvalue weighted by Gasteiger charge is 2.49. The summed E-state index contributed by atoms with van der Waals surface area (Å²) in [5.41, 5.74) is 5.97. The third-order valence-electron chi connectivity index (χ3n) is 11.5. The number of aliphatic hydroxyl groups excluding tert-OH is 1. The van der Waals surface area contributed by atoms with Gasteiger partial charge in [0.15, 0.2) is 0 Å². The van der Waals surface area contributed by atoms with Crippen LogP contribution in [0.3, 0.4) is 0 Å². The molecule has 7 heteroatoms. The molecule has 0 amide bonds. The van der Waals surface area contributed by atoms with Crippen molar-refractivity contribution in [1.82, 2.24) is 0 Å². The first-order chi connectivity index (χ1) is 31.2. The summed E-state index contributed by atoms with van der Waals surface area (Å²) in [6.45, 7) is 1.60. The average molecular weight is 841 g/mol. The van der Waals surface area contributed by atoms with E-state index in [0.29, 0.717) is 26.4 Å². The second kappa shape index (κ2) is 22.6. The number of rotatable bonds is 21. The molecule has 1 aliphatic heterocycles. The summed E-state index contributed by atoms with van der Waals surface area (Å²) >= 11 is 0. The standard InChI is InChI=1S/C56H56O7/c57-50(41-62-56(47-30-16-5-17-31-47,48-32-18-6-19-33-48)49-34-20-7-21-35-49)36-51-53(59-38-44-24-10-2-11-25-44)55(61-40-46-28-14-4-15-29-46)54(60-39-45-26-12-3-13-27-45)52(63-51)42-58-37-43-22-8-1-9-23-43/h1-35,50-55,57H,36-42H2/t50-,51-,52-,53+,54-,55-/m1/s1. The van der Waals surface area contributed by atoms with Crippen LogP contribution >= 0.6 is 0 Å². The Balaban J connectivity index is 1.12. The zero-order chi connectivity index (χ0) is 42.9. The molecule has 63 heavy (non-hydrogen) atoms. The Labute approximate surface area is 371 Å². The van der Waals surface area contributed by atoms with Crippen molar-refractivity contribution in [2.75, 3.05) is 13.2 Å². The van der Waals surface area contributed by atoms with Crippen LogP contribution in [0.2, 0.25) is 0 Å². The van der Waals surface area contributed by atoms with Crippen LogP contribution in [-0.4, -0.2) is 54.9 Å². The number of ether oxygens (including phenoxy) is 6. The van der Waals surface area contributed by atoms with E-state index in [2.05, 4.69) is 48.5 Å². The van der Waals surface area contributed by atoms with Crippen LogP contribution < -0.4 is 0 Å². The summed E-state index contributed by atoms with van der Waals surface area (Å²) in [4.78, 5) is 0. The van der Waals surface area contributed by atoms with Crippen molar-refractivity contribution in [3.63, 3.8) is 0 Å². The second-order valence-electron chi connectivity index (χ2n) is 16.0. The molecule has 0 saturated carbocycles. The topological polar surface area (TPSA) is 75.6 Å². The minimum absolute atomic E-state index is 0.00258. The van der Waals surface area contributed by atoms with Crippen LogP contribution in [0.4, 0.5) is 0 Å². The monoisotopic (exact) mass is 840 g/mol. The van der Waals surface area contributed by atoms with Crippen molar-refractivity contribution in [3.8, 4) is 0 Å². The molecule has 0 bridgehead atoms. The van der Waals surface area contributed by atoms with Gasteiger partial charge in [-0.15, -0.1) is 0 Å². The van der Waals surface area contributed by atoms with Gasteiger partial charge in [-0.1, -0.05) is 212 Å². The molecular weight excluding hydrogens is 785 g/mol. The maximum absolute atomic E-state index is 12.3. The van der Waals surface area contributed by atoms with Crippen molar-refractivity contribution in [1.29, 1.82) is 0 Å². The van der Waals surface area contributed by atoms with E-state index in [4.69, 9.17) is 28.4 Å². The van der Waals surface area contributed by atoms with Gasteiger partial charge in [-0.05, 0) is 38.9 Å². The Hall–Kier alpha value is -5.74. The summed E-state index contributed by atoms with van der Waals surface area (Å²) in [6.07, 6.45) is -3.80. The predicted octanol–water partition coefficient (Wildman–Crippen LogP) is 10.5. The van der Waals surface area contributed by atoms with Crippen molar-refractivity contribution < 1.29 is 33.5 Å². The Morgan fingerprint density at radius 1 is 0.413 bits per heavy atom. The van der Waals surface area contributed by atoms with E-state index in [-0.39, 0.29) is 19.6 Å². The van der Waals surface area contributed by atoms with Crippen LogP contribution in [0.25, 0.3) is 0 Å². The minimum Gasteiger partial charge on any atom is -0.391 e. The van der Waals surface area contributed by atoms with Gasteiger partial charge in [-0.2, -0.15) is 0 Å². The SMILES string of the molecule is O[C@@H](COC(c1ccccc1)(c1ccccc1)c1ccccc1)C[C@H]1O[C@H](COCc2ccccc2)[C@@H](OCc2ccccc2)[C@H](OCc2ccccc2)[C@H]1OCc1ccccc1. The van der Waals surface area contributed by atoms with Crippen molar-refractivity contribution >= 4 is 0 Å². The molecule has 8 rings (SSSR count). The third kappa shape index (κ3) is 11.6. The fraction of sp³-hybridized carbons (Fsp3) is 0.250. The van der Waals surface area contributed by atoms with Crippen molar-refractivity contribution in [2.45, 2.75) is 75.1 Å². The normalized spacial score (nSPS) is 19.3. The molecule has 1 fully saturated rings. The Morgan fingerprint density at radius 2 is 0.746 bits per heavy atom. The molecular formula is C56H56O7. The fourth-order valence-electron chi connectivity index (χ4n) is 8.40. The zero-order valence-electron chi connectivity index (χ0n) is 35.5. The van der Waals surface area contributed by atoms with Crippen molar-refractivity contribution in [2.24, 2.45) is 0 Å². The molecule has 7 aromatic rings. The van der Waals surface area contributed by atoms with Crippen LogP contribution in [0.15, 0.2) is 212 Å². The molecule has 0 spiro atoms. The first-order valence-electron chi connectivity index (χ1n) is 21.9. The van der Waals surface area contributed by atoms with Gasteiger partial charge in [0.2, 0.25) is 0 Å². The molecule has 0 aromatic heterocycles. The Bertz CT molecular complexity index is 2220. The second-order valence-corrected chi connectivity index (χ2v) is 16.0. The lowest BCUT2D eigenvalue weighted by molar-refractivity contribution is -0.277. The van der Waals surface area contributed by atoms with Gasteiger partial charge in [0.05, 0.1) is 51.8 Å². The van der Waals surface area contributed by atoms with Crippen LogP contribution in [-0.2, 0) is 60.4 Å².